The number of halogens is 1. The van der Waals surface area contributed by atoms with Crippen molar-refractivity contribution in [2.45, 2.75) is 0 Å². The van der Waals surface area contributed by atoms with Crippen LogP contribution < -0.4 is 63.8 Å². The quantitative estimate of drug-likeness (QED) is 0.321. The predicted octanol–water partition coefficient (Wildman–Crippen LogP) is -5.42. The van der Waals surface area contributed by atoms with E-state index in [9.17, 15) is 0 Å². The van der Waals surface area contributed by atoms with Gasteiger partial charge in [-0.2, -0.15) is 0 Å². The summed E-state index contributed by atoms with van der Waals surface area (Å²) in [5, 5.41) is 37.5. The second kappa shape index (κ2) is 5440. The van der Waals surface area contributed by atoms with E-state index in [4.69, 9.17) is 71.0 Å². The Morgan fingerprint density at radius 2 is 0.400 bits per heavy atom. The molecule has 0 rings (SSSR count). The zero-order chi connectivity index (χ0) is 12.0. The van der Waals surface area contributed by atoms with Gasteiger partial charge >= 0.3 is 68.5 Å². The van der Waals surface area contributed by atoms with Gasteiger partial charge in [0.25, 0.3) is 0 Å². The summed E-state index contributed by atoms with van der Waals surface area (Å²) in [6.45, 7) is 28.5. The Kier molecular flexibility index (Phi) is 32300. The molecule has 0 fully saturated rings. The fourth-order valence-corrected chi connectivity index (χ4v) is 0. The maximum Gasteiger partial charge on any atom is 3.00 e. The van der Waals surface area contributed by atoms with E-state index in [1.165, 1.54) is 0 Å². The molecule has 0 heterocycles. The first-order valence-electron chi connectivity index (χ1n) is 1.34. The van der Waals surface area contributed by atoms with Gasteiger partial charge in [0.15, 0.2) is 0 Å². The van der Waals surface area contributed by atoms with Crippen molar-refractivity contribution in [2.75, 3.05) is 0 Å². The summed E-state index contributed by atoms with van der Waals surface area (Å²) >= 11 is 0. The molecule has 0 aliphatic carbocycles. The topological polar surface area (TPSA) is 143 Å². The zero-order valence-electron chi connectivity index (χ0n) is 7.41. The Morgan fingerprint density at radius 1 is 0.400 bits per heavy atom. The number of hydrogen-bond donors (Lipinski definition) is 0. The Labute approximate surface area is 150 Å². The molecule has 0 aromatic carbocycles. The van der Waals surface area contributed by atoms with Gasteiger partial charge in [0.1, 0.15) is 0 Å². The third kappa shape index (κ3) is 4600. The Bertz CT molecular complexity index is 103. The fraction of sp³-hybridized carbons (Fsp3) is 0. The molecule has 73 valence electrons. The van der Waals surface area contributed by atoms with Crippen molar-refractivity contribution in [3.05, 3.63) is 39.4 Å². The molecule has 15 heavy (non-hydrogen) atoms. The van der Waals surface area contributed by atoms with Gasteiger partial charge in [0, 0.05) is 0 Å². The summed E-state index contributed by atoms with van der Waals surface area (Å²) in [4.78, 5) is 0. The number of nitrogens with zero attached hydrogens (tertiary/aromatic N) is 6. The SMILES string of the molecule is [C-]#N.[C-]#N.[C-]#N.[C-]#N.[C-]#N.[C-]#N.[Cl-].[Fe+3].[K+]. The van der Waals surface area contributed by atoms with Crippen molar-refractivity contribution in [3.63, 3.8) is 0 Å². The number of rotatable bonds is 0. The van der Waals surface area contributed by atoms with Gasteiger partial charge < -0.3 is 83.4 Å². The van der Waals surface area contributed by atoms with Crippen LogP contribution in [-0.4, -0.2) is 0 Å². The molecule has 0 aliphatic heterocycles. The molecular weight excluding hydrogens is 287 g/mol. The molecule has 6 nitrogen and oxygen atoms in total. The van der Waals surface area contributed by atoms with Crippen LogP contribution in [0, 0.1) is 71.0 Å². The maximum atomic E-state index is 6.25. The van der Waals surface area contributed by atoms with Crippen LogP contribution in [0.15, 0.2) is 0 Å². The third-order valence-electron chi connectivity index (χ3n) is 0. The summed E-state index contributed by atoms with van der Waals surface area (Å²) in [6, 6.07) is 0. The minimum atomic E-state index is 0. The molecule has 0 saturated heterocycles. The minimum Gasteiger partial charge on any atom is -1.00 e. The van der Waals surface area contributed by atoms with E-state index in [-0.39, 0.29) is 80.9 Å². The van der Waals surface area contributed by atoms with Crippen LogP contribution in [0.25, 0.3) is 0 Å². The van der Waals surface area contributed by atoms with Crippen molar-refractivity contribution < 1.29 is 80.9 Å². The van der Waals surface area contributed by atoms with Crippen molar-refractivity contribution >= 4 is 0 Å². The zero-order valence-corrected chi connectivity index (χ0v) is 12.4. The van der Waals surface area contributed by atoms with Crippen LogP contribution in [0.2, 0.25) is 0 Å². The average molecular weight is 287 g/mol. The van der Waals surface area contributed by atoms with Gasteiger partial charge in [0.2, 0.25) is 0 Å². The first-order valence-corrected chi connectivity index (χ1v) is 1.34. The summed E-state index contributed by atoms with van der Waals surface area (Å²) < 4.78 is 0. The monoisotopic (exact) mass is 286 g/mol. The molecule has 0 spiro atoms. The largest absolute Gasteiger partial charge is 3.00 e. The molecule has 0 aromatic heterocycles. The molecule has 1 radical (unpaired) electrons. The molecule has 0 saturated carbocycles. The smallest absolute Gasteiger partial charge is 1.00 e. The molecule has 0 amide bonds. The van der Waals surface area contributed by atoms with E-state index < -0.39 is 0 Å². The molecule has 0 aliphatic rings. The van der Waals surface area contributed by atoms with Crippen molar-refractivity contribution in [3.8, 4) is 0 Å². The molecule has 9 heteroatoms. The van der Waals surface area contributed by atoms with Gasteiger partial charge in [-0.05, 0) is 0 Å². The maximum absolute atomic E-state index is 6.25. The summed E-state index contributed by atoms with van der Waals surface area (Å²) in [7, 11) is 0. The normalized spacial score (nSPS) is 0.800. The summed E-state index contributed by atoms with van der Waals surface area (Å²) in [6.07, 6.45) is 0. The van der Waals surface area contributed by atoms with Crippen LogP contribution in [0.4, 0.5) is 0 Å². The van der Waals surface area contributed by atoms with E-state index in [0.29, 0.717) is 0 Å². The van der Waals surface area contributed by atoms with Crippen LogP contribution in [0.3, 0.4) is 0 Å². The van der Waals surface area contributed by atoms with Crippen LogP contribution >= 0.6 is 0 Å². The van der Waals surface area contributed by atoms with Gasteiger partial charge in [-0.3, -0.25) is 0 Å². The van der Waals surface area contributed by atoms with E-state index >= 15 is 0 Å². The predicted molar refractivity (Wildman–Crippen MR) is 29.8 cm³/mol. The summed E-state index contributed by atoms with van der Waals surface area (Å²) in [5.41, 5.74) is 0. The number of hydrogen-bond acceptors (Lipinski definition) is 6. The van der Waals surface area contributed by atoms with Crippen molar-refractivity contribution in [2.24, 2.45) is 0 Å². The third-order valence-corrected chi connectivity index (χ3v) is 0. The fourth-order valence-electron chi connectivity index (χ4n) is 0. The van der Waals surface area contributed by atoms with Gasteiger partial charge in [0.05, 0.1) is 0 Å². The molecule has 0 unspecified atom stereocenters. The van der Waals surface area contributed by atoms with Gasteiger partial charge in [-0.15, -0.1) is 0 Å². The molecule has 0 N–H and O–H groups in total. The first kappa shape index (κ1) is 88.9. The standard InChI is InChI=1S/6CN.ClH.Fe.K/c6*1-2;;;/h;;;;;;1H;;/q6*-1;;+3;+1/p-1. The van der Waals surface area contributed by atoms with E-state index in [1.807, 2.05) is 0 Å². The summed E-state index contributed by atoms with van der Waals surface area (Å²) in [5.74, 6) is 0. The second-order valence-corrected chi connectivity index (χ2v) is 0. The molecule has 0 atom stereocenters. The van der Waals surface area contributed by atoms with Crippen LogP contribution in [0.1, 0.15) is 0 Å². The second-order valence-electron chi connectivity index (χ2n) is 0. The first-order chi connectivity index (χ1) is 6.00. The Morgan fingerprint density at radius 3 is 0.400 bits per heavy atom. The molecular formula is C6ClFeKN6-3. The van der Waals surface area contributed by atoms with E-state index in [0.717, 1.165) is 0 Å². The van der Waals surface area contributed by atoms with Gasteiger partial charge in [-0.25, -0.2) is 0 Å². The van der Waals surface area contributed by atoms with Gasteiger partial charge in [-0.1, -0.05) is 0 Å². The Hall–Kier alpha value is -0.614. The van der Waals surface area contributed by atoms with E-state index in [2.05, 4.69) is 0 Å². The average Bonchev–Trinajstić information content (AvgIpc) is 2.33. The van der Waals surface area contributed by atoms with Crippen molar-refractivity contribution in [1.82, 2.24) is 0 Å². The van der Waals surface area contributed by atoms with E-state index in [1.54, 1.807) is 0 Å². The van der Waals surface area contributed by atoms with Crippen LogP contribution in [0.5, 0.6) is 0 Å². The van der Waals surface area contributed by atoms with Crippen molar-refractivity contribution in [1.29, 1.82) is 31.6 Å². The molecule has 0 aromatic rings. The Balaban J connectivity index is -0.00000000396. The molecule has 0 bridgehead atoms. The minimum absolute atomic E-state index is 0. The van der Waals surface area contributed by atoms with Crippen LogP contribution in [-0.2, 0) is 17.1 Å².